The largest absolute Gasteiger partial charge is 0.350 e. The Hall–Kier alpha value is -3.66. The lowest BCUT2D eigenvalue weighted by molar-refractivity contribution is -0.120. The fourth-order valence-corrected chi connectivity index (χ4v) is 4.01. The summed E-state index contributed by atoms with van der Waals surface area (Å²) in [6, 6.07) is 21.4. The molecule has 1 aliphatic heterocycles. The number of rotatable bonds is 5. The average Bonchev–Trinajstić information content (AvgIpc) is 2.99. The molecule has 2 amide bonds. The van der Waals surface area contributed by atoms with Crippen molar-refractivity contribution in [2.24, 2.45) is 0 Å². The van der Waals surface area contributed by atoms with Gasteiger partial charge in [0.25, 0.3) is 11.8 Å². The lowest BCUT2D eigenvalue weighted by Crippen LogP contribution is -2.32. The summed E-state index contributed by atoms with van der Waals surface area (Å²) in [5, 5.41) is 3.26. The van der Waals surface area contributed by atoms with Gasteiger partial charge in [0.1, 0.15) is 5.70 Å². The second-order valence-electron chi connectivity index (χ2n) is 8.75. The van der Waals surface area contributed by atoms with E-state index in [2.05, 4.69) is 19.2 Å². The molecule has 0 saturated heterocycles. The highest BCUT2D eigenvalue weighted by Gasteiger charge is 2.40. The van der Waals surface area contributed by atoms with Gasteiger partial charge in [0, 0.05) is 5.69 Å². The number of anilines is 2. The van der Waals surface area contributed by atoms with E-state index < -0.39 is 0 Å². The molecule has 162 valence electrons. The van der Waals surface area contributed by atoms with Crippen molar-refractivity contribution < 1.29 is 9.59 Å². The van der Waals surface area contributed by atoms with Gasteiger partial charge in [0.15, 0.2) is 0 Å². The molecule has 0 atom stereocenters. The first-order valence-corrected chi connectivity index (χ1v) is 10.9. The number of nitrogens with one attached hydrogen (secondary N) is 1. The van der Waals surface area contributed by atoms with Crippen LogP contribution >= 0.6 is 0 Å². The van der Waals surface area contributed by atoms with Crippen molar-refractivity contribution in [3.05, 3.63) is 100 Å². The Bertz CT molecular complexity index is 1220. The average molecular weight is 425 g/mol. The van der Waals surface area contributed by atoms with Gasteiger partial charge in [-0.2, -0.15) is 0 Å². The van der Waals surface area contributed by atoms with Gasteiger partial charge >= 0.3 is 0 Å². The molecule has 4 rings (SSSR count). The topological polar surface area (TPSA) is 49.4 Å². The Balaban J connectivity index is 1.81. The Morgan fingerprint density at radius 3 is 1.97 bits per heavy atom. The van der Waals surface area contributed by atoms with E-state index in [1.807, 2.05) is 87.5 Å². The number of benzene rings is 3. The van der Waals surface area contributed by atoms with E-state index >= 15 is 0 Å². The summed E-state index contributed by atoms with van der Waals surface area (Å²) in [4.78, 5) is 28.4. The highest BCUT2D eigenvalue weighted by atomic mass is 16.2. The van der Waals surface area contributed by atoms with E-state index in [9.17, 15) is 9.59 Å². The number of hydrogen-bond donors (Lipinski definition) is 1. The third kappa shape index (κ3) is 3.96. The van der Waals surface area contributed by atoms with Gasteiger partial charge < -0.3 is 5.32 Å². The third-order valence-corrected chi connectivity index (χ3v) is 5.87. The van der Waals surface area contributed by atoms with Gasteiger partial charge in [-0.25, -0.2) is 4.90 Å². The fourth-order valence-electron chi connectivity index (χ4n) is 4.01. The van der Waals surface area contributed by atoms with Crippen LogP contribution in [0.2, 0.25) is 0 Å². The van der Waals surface area contributed by atoms with Crippen molar-refractivity contribution >= 4 is 28.8 Å². The van der Waals surface area contributed by atoms with E-state index in [1.54, 1.807) is 0 Å². The van der Waals surface area contributed by atoms with Crippen molar-refractivity contribution in [1.29, 1.82) is 0 Å². The molecular formula is C28H28N2O2. The highest BCUT2D eigenvalue weighted by molar-refractivity contribution is 6.46. The number of amides is 2. The Labute approximate surface area is 189 Å². The third-order valence-electron chi connectivity index (χ3n) is 5.87. The van der Waals surface area contributed by atoms with Gasteiger partial charge in [0.2, 0.25) is 0 Å². The minimum Gasteiger partial charge on any atom is -0.350 e. The first-order valence-electron chi connectivity index (χ1n) is 10.9. The van der Waals surface area contributed by atoms with Crippen LogP contribution in [0.1, 0.15) is 47.6 Å². The van der Waals surface area contributed by atoms with Crippen LogP contribution in [0.15, 0.2) is 72.4 Å². The first-order chi connectivity index (χ1) is 15.3. The van der Waals surface area contributed by atoms with Crippen LogP contribution in [0.4, 0.5) is 11.4 Å². The molecule has 3 aromatic carbocycles. The summed E-state index contributed by atoms with van der Waals surface area (Å²) in [5.74, 6) is -0.241. The second kappa shape index (κ2) is 8.46. The lowest BCUT2D eigenvalue weighted by Gasteiger charge is -2.16. The van der Waals surface area contributed by atoms with Crippen LogP contribution in [-0.2, 0) is 9.59 Å². The number of hydrogen-bond acceptors (Lipinski definition) is 3. The van der Waals surface area contributed by atoms with Crippen LogP contribution in [0, 0.1) is 20.8 Å². The molecule has 0 aliphatic carbocycles. The molecule has 1 N–H and O–H groups in total. The summed E-state index contributed by atoms with van der Waals surface area (Å²) in [6.45, 7) is 10.2. The molecule has 4 nitrogen and oxygen atoms in total. The summed E-state index contributed by atoms with van der Waals surface area (Å²) in [7, 11) is 0. The maximum atomic E-state index is 13.6. The molecule has 0 spiro atoms. The summed E-state index contributed by atoms with van der Waals surface area (Å²) in [6.07, 6.45) is 0. The van der Waals surface area contributed by atoms with Gasteiger partial charge in [0.05, 0.1) is 11.3 Å². The molecule has 1 heterocycles. The lowest BCUT2D eigenvalue weighted by atomic mass is 9.97. The molecule has 4 heteroatoms. The van der Waals surface area contributed by atoms with E-state index in [0.29, 0.717) is 22.9 Å². The molecule has 0 saturated carbocycles. The number of imide groups is 1. The van der Waals surface area contributed by atoms with Crippen LogP contribution in [-0.4, -0.2) is 11.8 Å². The van der Waals surface area contributed by atoms with Crippen LogP contribution < -0.4 is 10.2 Å². The molecule has 0 unspecified atom stereocenters. The van der Waals surface area contributed by atoms with Crippen molar-refractivity contribution in [2.45, 2.75) is 40.5 Å². The maximum absolute atomic E-state index is 13.6. The minimum atomic E-state index is -0.346. The van der Waals surface area contributed by atoms with E-state index in [0.717, 1.165) is 27.9 Å². The Morgan fingerprint density at radius 2 is 1.38 bits per heavy atom. The summed E-state index contributed by atoms with van der Waals surface area (Å²) in [5.41, 5.74) is 7.18. The Morgan fingerprint density at radius 1 is 0.750 bits per heavy atom. The Kier molecular flexibility index (Phi) is 5.70. The molecule has 32 heavy (non-hydrogen) atoms. The molecule has 1 aliphatic rings. The molecule has 0 bridgehead atoms. The van der Waals surface area contributed by atoms with Crippen molar-refractivity contribution in [3.8, 4) is 0 Å². The van der Waals surface area contributed by atoms with Crippen LogP contribution in [0.25, 0.3) is 5.57 Å². The van der Waals surface area contributed by atoms with Gasteiger partial charge in [-0.05, 0) is 67.6 Å². The monoisotopic (exact) mass is 424 g/mol. The highest BCUT2D eigenvalue weighted by Crippen LogP contribution is 2.35. The molecular weight excluding hydrogens is 396 g/mol. The number of carbonyl (C=O) groups excluding carboxylic acids is 2. The van der Waals surface area contributed by atoms with Crippen LogP contribution in [0.5, 0.6) is 0 Å². The van der Waals surface area contributed by atoms with Gasteiger partial charge in [-0.15, -0.1) is 0 Å². The first kappa shape index (κ1) is 21.6. The second-order valence-corrected chi connectivity index (χ2v) is 8.75. The summed E-state index contributed by atoms with van der Waals surface area (Å²) < 4.78 is 0. The van der Waals surface area contributed by atoms with Crippen molar-refractivity contribution in [2.75, 3.05) is 10.2 Å². The van der Waals surface area contributed by atoms with Crippen LogP contribution in [0.3, 0.4) is 0 Å². The van der Waals surface area contributed by atoms with Crippen molar-refractivity contribution in [3.63, 3.8) is 0 Å². The standard InChI is InChI=1S/C28H28N2O2/c1-17(2)21-9-11-22(12-10-21)29-26-25(24-15-8-19(4)16-20(24)5)27(31)30(28(26)32)23-13-6-18(3)7-14-23/h6-17,29H,1-5H3. The minimum absolute atomic E-state index is 0.305. The summed E-state index contributed by atoms with van der Waals surface area (Å²) >= 11 is 0. The van der Waals surface area contributed by atoms with Crippen molar-refractivity contribution in [1.82, 2.24) is 0 Å². The molecule has 0 radical (unpaired) electrons. The zero-order chi connectivity index (χ0) is 23.0. The molecule has 0 aromatic heterocycles. The maximum Gasteiger partial charge on any atom is 0.282 e. The zero-order valence-corrected chi connectivity index (χ0v) is 19.2. The van der Waals surface area contributed by atoms with E-state index in [-0.39, 0.29) is 11.8 Å². The number of nitrogens with zero attached hydrogens (tertiary/aromatic N) is 1. The number of aryl methyl sites for hydroxylation is 3. The normalized spacial score (nSPS) is 14.0. The fraction of sp³-hybridized carbons (Fsp3) is 0.214. The number of carbonyl (C=O) groups is 2. The van der Waals surface area contributed by atoms with Gasteiger partial charge in [-0.3, -0.25) is 9.59 Å². The molecule has 0 fully saturated rings. The van der Waals surface area contributed by atoms with Gasteiger partial charge in [-0.1, -0.05) is 67.4 Å². The smallest absolute Gasteiger partial charge is 0.282 e. The van der Waals surface area contributed by atoms with E-state index in [4.69, 9.17) is 0 Å². The zero-order valence-electron chi connectivity index (χ0n) is 19.2. The predicted octanol–water partition coefficient (Wildman–Crippen LogP) is 6.13. The quantitative estimate of drug-likeness (QED) is 0.501. The SMILES string of the molecule is Cc1ccc(N2C(=O)C(Nc3ccc(C(C)C)cc3)=C(c3ccc(C)cc3C)C2=O)cc1. The molecule has 3 aromatic rings. The predicted molar refractivity (Wildman–Crippen MR) is 131 cm³/mol. The van der Waals surface area contributed by atoms with E-state index in [1.165, 1.54) is 10.5 Å².